The SMILES string of the molecule is COC1(c2cc(F)cc(OCc3ccc(N(C)C(=O)NCCc4ccc(O)cc4)cc3)c2)CCOCC1. The number of phenols is 1. The van der Waals surface area contributed by atoms with E-state index in [2.05, 4.69) is 5.32 Å². The first-order chi connectivity index (χ1) is 17.9. The number of aromatic hydroxyl groups is 1. The Balaban J connectivity index is 1.31. The number of phenolic OH excluding ortho intramolecular Hbond substituents is 1. The van der Waals surface area contributed by atoms with E-state index in [1.165, 1.54) is 12.1 Å². The zero-order valence-electron chi connectivity index (χ0n) is 21.2. The van der Waals surface area contributed by atoms with Gasteiger partial charge in [0.2, 0.25) is 0 Å². The molecule has 0 saturated carbocycles. The minimum absolute atomic E-state index is 0.213. The molecule has 1 saturated heterocycles. The largest absolute Gasteiger partial charge is 0.508 e. The predicted octanol–water partition coefficient (Wildman–Crippen LogP) is 5.15. The molecule has 1 fully saturated rings. The van der Waals surface area contributed by atoms with Gasteiger partial charge in [-0.25, -0.2) is 9.18 Å². The topological polar surface area (TPSA) is 80.3 Å². The molecular formula is C29H33FN2O5. The molecule has 0 aliphatic carbocycles. The highest BCUT2D eigenvalue weighted by molar-refractivity contribution is 5.91. The van der Waals surface area contributed by atoms with Gasteiger partial charge in [0.05, 0.1) is 5.60 Å². The van der Waals surface area contributed by atoms with Gasteiger partial charge in [0, 0.05) is 58.5 Å². The van der Waals surface area contributed by atoms with Crippen LogP contribution in [-0.2, 0) is 28.1 Å². The van der Waals surface area contributed by atoms with Gasteiger partial charge in [0.25, 0.3) is 0 Å². The van der Waals surface area contributed by atoms with Gasteiger partial charge in [0.15, 0.2) is 0 Å². The fourth-order valence-electron chi connectivity index (χ4n) is 4.42. The predicted molar refractivity (Wildman–Crippen MR) is 140 cm³/mol. The molecular weight excluding hydrogens is 475 g/mol. The van der Waals surface area contributed by atoms with Crippen LogP contribution in [0.3, 0.4) is 0 Å². The first kappa shape index (κ1) is 26.4. The van der Waals surface area contributed by atoms with Gasteiger partial charge in [-0.2, -0.15) is 0 Å². The van der Waals surface area contributed by atoms with Crippen molar-refractivity contribution in [1.82, 2.24) is 5.32 Å². The number of hydrogen-bond donors (Lipinski definition) is 2. The maximum Gasteiger partial charge on any atom is 0.321 e. The van der Waals surface area contributed by atoms with E-state index in [1.54, 1.807) is 31.2 Å². The minimum atomic E-state index is -0.574. The Morgan fingerprint density at radius 1 is 1.05 bits per heavy atom. The first-order valence-corrected chi connectivity index (χ1v) is 12.3. The third kappa shape index (κ3) is 6.78. The van der Waals surface area contributed by atoms with Gasteiger partial charge in [0.1, 0.15) is 23.9 Å². The molecule has 0 aromatic heterocycles. The number of carbonyl (C=O) groups excluding carboxylic acids is 1. The lowest BCUT2D eigenvalue weighted by Crippen LogP contribution is -2.38. The van der Waals surface area contributed by atoms with Gasteiger partial charge in [-0.15, -0.1) is 0 Å². The summed E-state index contributed by atoms with van der Waals surface area (Å²) in [7, 11) is 3.35. The van der Waals surface area contributed by atoms with Crippen molar-refractivity contribution in [3.05, 3.63) is 89.2 Å². The number of amides is 2. The molecule has 0 unspecified atom stereocenters. The molecule has 0 spiro atoms. The third-order valence-electron chi connectivity index (χ3n) is 6.75. The van der Waals surface area contributed by atoms with E-state index in [4.69, 9.17) is 14.2 Å². The van der Waals surface area contributed by atoms with Gasteiger partial charge >= 0.3 is 6.03 Å². The van der Waals surface area contributed by atoms with E-state index < -0.39 is 5.60 Å². The van der Waals surface area contributed by atoms with Crippen molar-refractivity contribution in [3.63, 3.8) is 0 Å². The van der Waals surface area contributed by atoms with Crippen LogP contribution in [-0.4, -0.2) is 45.1 Å². The third-order valence-corrected chi connectivity index (χ3v) is 6.75. The molecule has 8 heteroatoms. The van der Waals surface area contributed by atoms with Crippen LogP contribution >= 0.6 is 0 Å². The van der Waals surface area contributed by atoms with E-state index in [1.807, 2.05) is 42.5 Å². The molecule has 0 bridgehead atoms. The molecule has 4 rings (SSSR count). The summed E-state index contributed by atoms with van der Waals surface area (Å²) in [6.07, 6.45) is 1.98. The van der Waals surface area contributed by atoms with Crippen molar-refractivity contribution in [2.45, 2.75) is 31.5 Å². The van der Waals surface area contributed by atoms with Crippen LogP contribution in [0, 0.1) is 5.82 Å². The lowest BCUT2D eigenvalue weighted by Gasteiger charge is -2.36. The number of halogens is 1. The maximum absolute atomic E-state index is 14.4. The summed E-state index contributed by atoms with van der Waals surface area (Å²) in [6, 6.07) is 18.9. The lowest BCUT2D eigenvalue weighted by molar-refractivity contribution is -0.0950. The van der Waals surface area contributed by atoms with Crippen LogP contribution in [0.25, 0.3) is 0 Å². The van der Waals surface area contributed by atoms with Crippen LogP contribution < -0.4 is 15.0 Å². The number of hydrogen-bond acceptors (Lipinski definition) is 5. The standard InChI is InChI=1S/C29H33FN2O5/c1-32(28(34)31-14-11-21-5-9-26(33)10-6-21)25-7-3-22(4-8-25)20-37-27-18-23(17-24(30)19-27)29(35-2)12-15-36-16-13-29/h3-10,17-19,33H,11-16,20H2,1-2H3,(H,31,34). The Hall–Kier alpha value is -3.62. The molecule has 0 atom stereocenters. The highest BCUT2D eigenvalue weighted by atomic mass is 19.1. The number of methoxy groups -OCH3 is 1. The Bertz CT molecular complexity index is 1180. The second kappa shape index (κ2) is 12.1. The fraction of sp³-hybridized carbons (Fsp3) is 0.345. The number of urea groups is 1. The van der Waals surface area contributed by atoms with Crippen molar-refractivity contribution in [3.8, 4) is 11.5 Å². The maximum atomic E-state index is 14.4. The second-order valence-corrected chi connectivity index (χ2v) is 9.15. The lowest BCUT2D eigenvalue weighted by atomic mass is 9.86. The molecule has 1 aliphatic rings. The van der Waals surface area contributed by atoms with Crippen LogP contribution in [0.1, 0.15) is 29.5 Å². The van der Waals surface area contributed by atoms with Crippen LogP contribution in [0.4, 0.5) is 14.9 Å². The van der Waals surface area contributed by atoms with Crippen molar-refractivity contribution in [2.24, 2.45) is 0 Å². The van der Waals surface area contributed by atoms with Crippen molar-refractivity contribution in [2.75, 3.05) is 38.8 Å². The molecule has 1 aliphatic heterocycles. The number of rotatable bonds is 9. The Labute approximate surface area is 216 Å². The second-order valence-electron chi connectivity index (χ2n) is 9.15. The Morgan fingerprint density at radius 2 is 1.73 bits per heavy atom. The molecule has 196 valence electrons. The quantitative estimate of drug-likeness (QED) is 0.418. The van der Waals surface area contributed by atoms with E-state index in [0.29, 0.717) is 44.8 Å². The highest BCUT2D eigenvalue weighted by Gasteiger charge is 2.35. The number of nitrogens with one attached hydrogen (secondary N) is 1. The summed E-state index contributed by atoms with van der Waals surface area (Å²) in [4.78, 5) is 14.1. The van der Waals surface area contributed by atoms with Gasteiger partial charge < -0.3 is 24.6 Å². The number of ether oxygens (including phenoxy) is 3. The molecule has 7 nitrogen and oxygen atoms in total. The summed E-state index contributed by atoms with van der Waals surface area (Å²) in [6.45, 7) is 1.87. The summed E-state index contributed by atoms with van der Waals surface area (Å²) in [5.41, 5.74) is 2.83. The zero-order valence-corrected chi connectivity index (χ0v) is 21.2. The Kier molecular flexibility index (Phi) is 8.63. The number of benzene rings is 3. The van der Waals surface area contributed by atoms with Gasteiger partial charge in [-0.3, -0.25) is 4.90 Å². The number of carbonyl (C=O) groups is 1. The normalized spacial score (nSPS) is 14.7. The van der Waals surface area contributed by atoms with Gasteiger partial charge in [-0.05, 0) is 59.5 Å². The van der Waals surface area contributed by atoms with Crippen molar-refractivity contribution < 1.29 is 28.5 Å². The van der Waals surface area contributed by atoms with Crippen molar-refractivity contribution in [1.29, 1.82) is 0 Å². The molecule has 3 aromatic rings. The molecule has 0 radical (unpaired) electrons. The average Bonchev–Trinajstić information content (AvgIpc) is 2.93. The highest BCUT2D eigenvalue weighted by Crippen LogP contribution is 2.37. The van der Waals surface area contributed by atoms with Crippen LogP contribution in [0.5, 0.6) is 11.5 Å². The molecule has 2 amide bonds. The monoisotopic (exact) mass is 508 g/mol. The summed E-state index contributed by atoms with van der Waals surface area (Å²) in [5, 5.41) is 12.3. The first-order valence-electron chi connectivity index (χ1n) is 12.3. The van der Waals surface area contributed by atoms with Gasteiger partial charge in [-0.1, -0.05) is 24.3 Å². The average molecular weight is 509 g/mol. The number of nitrogens with zero attached hydrogens (tertiary/aromatic N) is 1. The minimum Gasteiger partial charge on any atom is -0.508 e. The number of anilines is 1. The zero-order chi connectivity index (χ0) is 26.3. The van der Waals surface area contributed by atoms with E-state index >= 15 is 0 Å². The van der Waals surface area contributed by atoms with Crippen molar-refractivity contribution >= 4 is 11.7 Å². The summed E-state index contributed by atoms with van der Waals surface area (Å²) < 4.78 is 31.6. The Morgan fingerprint density at radius 3 is 2.41 bits per heavy atom. The van der Waals surface area contributed by atoms with Crippen LogP contribution in [0.2, 0.25) is 0 Å². The van der Waals surface area contributed by atoms with E-state index in [9.17, 15) is 14.3 Å². The summed E-state index contributed by atoms with van der Waals surface area (Å²) in [5.74, 6) is 0.285. The molecule has 1 heterocycles. The fourth-order valence-corrected chi connectivity index (χ4v) is 4.42. The van der Waals surface area contributed by atoms with E-state index in [-0.39, 0.29) is 24.2 Å². The smallest absolute Gasteiger partial charge is 0.321 e. The summed E-state index contributed by atoms with van der Waals surface area (Å²) >= 11 is 0. The molecule has 3 aromatic carbocycles. The van der Waals surface area contributed by atoms with E-state index in [0.717, 1.165) is 22.4 Å². The van der Waals surface area contributed by atoms with Crippen LogP contribution in [0.15, 0.2) is 66.7 Å². The molecule has 37 heavy (non-hydrogen) atoms. The molecule has 2 N–H and O–H groups in total.